The SMILES string of the molecule is C=CCN(C(=S)Nc1cccc(C(C)C)c1)c1ccccc1. The number of hydrogen-bond donors (Lipinski definition) is 1. The first-order chi connectivity index (χ1) is 10.6. The van der Waals surface area contributed by atoms with Gasteiger partial charge in [0.05, 0.1) is 0 Å². The molecule has 0 unspecified atom stereocenters. The molecule has 2 rings (SSSR count). The molecular formula is C19H22N2S. The quantitative estimate of drug-likeness (QED) is 0.603. The van der Waals surface area contributed by atoms with E-state index in [0.29, 0.717) is 17.6 Å². The monoisotopic (exact) mass is 310 g/mol. The van der Waals surface area contributed by atoms with Crippen molar-refractivity contribution in [3.05, 3.63) is 72.8 Å². The van der Waals surface area contributed by atoms with Gasteiger partial charge in [0.25, 0.3) is 0 Å². The average Bonchev–Trinajstić information content (AvgIpc) is 2.53. The number of hydrogen-bond acceptors (Lipinski definition) is 1. The van der Waals surface area contributed by atoms with E-state index in [-0.39, 0.29) is 0 Å². The van der Waals surface area contributed by atoms with Crippen LogP contribution in [-0.4, -0.2) is 11.7 Å². The van der Waals surface area contributed by atoms with Crippen LogP contribution in [-0.2, 0) is 0 Å². The van der Waals surface area contributed by atoms with Crippen LogP contribution < -0.4 is 10.2 Å². The maximum Gasteiger partial charge on any atom is 0.178 e. The maximum atomic E-state index is 5.58. The molecule has 0 aliphatic rings. The molecule has 2 aromatic rings. The van der Waals surface area contributed by atoms with Crippen molar-refractivity contribution in [1.82, 2.24) is 0 Å². The molecule has 1 N–H and O–H groups in total. The Morgan fingerprint density at radius 3 is 2.55 bits per heavy atom. The van der Waals surface area contributed by atoms with Crippen molar-refractivity contribution >= 4 is 28.7 Å². The average molecular weight is 310 g/mol. The molecule has 114 valence electrons. The zero-order valence-corrected chi connectivity index (χ0v) is 13.9. The Morgan fingerprint density at radius 2 is 1.91 bits per heavy atom. The van der Waals surface area contributed by atoms with E-state index < -0.39 is 0 Å². The van der Waals surface area contributed by atoms with E-state index in [2.05, 4.69) is 43.9 Å². The summed E-state index contributed by atoms with van der Waals surface area (Å²) in [4.78, 5) is 2.03. The van der Waals surface area contributed by atoms with Gasteiger partial charge in [-0.2, -0.15) is 0 Å². The third-order valence-corrected chi connectivity index (χ3v) is 3.75. The summed E-state index contributed by atoms with van der Waals surface area (Å²) in [6, 6.07) is 18.5. The second kappa shape index (κ2) is 7.76. The van der Waals surface area contributed by atoms with Gasteiger partial charge in [-0.05, 0) is 48.0 Å². The lowest BCUT2D eigenvalue weighted by atomic mass is 10.0. The van der Waals surface area contributed by atoms with E-state index in [9.17, 15) is 0 Å². The Balaban J connectivity index is 2.18. The van der Waals surface area contributed by atoms with E-state index in [0.717, 1.165) is 11.4 Å². The van der Waals surface area contributed by atoms with E-state index in [1.165, 1.54) is 5.56 Å². The lowest BCUT2D eigenvalue weighted by Crippen LogP contribution is -2.34. The smallest absolute Gasteiger partial charge is 0.178 e. The van der Waals surface area contributed by atoms with Gasteiger partial charge in [-0.25, -0.2) is 0 Å². The van der Waals surface area contributed by atoms with Crippen LogP contribution in [0.1, 0.15) is 25.3 Å². The van der Waals surface area contributed by atoms with Gasteiger partial charge in [-0.3, -0.25) is 0 Å². The molecule has 0 aliphatic heterocycles. The summed E-state index contributed by atoms with van der Waals surface area (Å²) < 4.78 is 0. The first-order valence-corrected chi connectivity index (χ1v) is 7.87. The summed E-state index contributed by atoms with van der Waals surface area (Å²) in [7, 11) is 0. The Labute approximate surface area is 138 Å². The van der Waals surface area contributed by atoms with Crippen molar-refractivity contribution in [2.75, 3.05) is 16.8 Å². The van der Waals surface area contributed by atoms with Gasteiger partial charge in [-0.1, -0.05) is 50.3 Å². The van der Waals surface area contributed by atoms with Crippen LogP contribution in [0.15, 0.2) is 67.3 Å². The normalized spacial score (nSPS) is 10.3. The molecule has 0 heterocycles. The molecule has 2 aromatic carbocycles. The van der Waals surface area contributed by atoms with E-state index in [4.69, 9.17) is 12.2 Å². The summed E-state index contributed by atoms with van der Waals surface area (Å²) in [6.07, 6.45) is 1.85. The van der Waals surface area contributed by atoms with E-state index in [1.807, 2.05) is 47.4 Å². The molecule has 0 radical (unpaired) electrons. The minimum atomic E-state index is 0.494. The fourth-order valence-corrected chi connectivity index (χ4v) is 2.51. The zero-order chi connectivity index (χ0) is 15.9. The van der Waals surface area contributed by atoms with Gasteiger partial charge in [0.2, 0.25) is 0 Å². The van der Waals surface area contributed by atoms with Crippen molar-refractivity contribution in [1.29, 1.82) is 0 Å². The predicted octanol–water partition coefficient (Wildman–Crippen LogP) is 5.20. The number of rotatable bonds is 5. The Hall–Kier alpha value is -2.13. The van der Waals surface area contributed by atoms with Crippen molar-refractivity contribution in [2.45, 2.75) is 19.8 Å². The van der Waals surface area contributed by atoms with Crippen molar-refractivity contribution in [3.63, 3.8) is 0 Å². The summed E-state index contributed by atoms with van der Waals surface area (Å²) in [5, 5.41) is 4.00. The standard InChI is InChI=1S/C19H22N2S/c1-4-13-21(18-11-6-5-7-12-18)19(22)20-17-10-8-9-16(14-17)15(2)3/h4-12,14-15H,1,13H2,2-3H3,(H,20,22). The van der Waals surface area contributed by atoms with Crippen LogP contribution in [0.4, 0.5) is 11.4 Å². The highest BCUT2D eigenvalue weighted by atomic mass is 32.1. The van der Waals surface area contributed by atoms with E-state index in [1.54, 1.807) is 0 Å². The molecule has 0 spiro atoms. The molecule has 0 saturated carbocycles. The van der Waals surface area contributed by atoms with Crippen LogP contribution in [0.5, 0.6) is 0 Å². The lowest BCUT2D eigenvalue weighted by molar-refractivity contribution is 0.867. The topological polar surface area (TPSA) is 15.3 Å². The summed E-state index contributed by atoms with van der Waals surface area (Å²) in [6.45, 7) is 8.86. The minimum absolute atomic E-state index is 0.494. The Morgan fingerprint density at radius 1 is 1.18 bits per heavy atom. The van der Waals surface area contributed by atoms with Crippen LogP contribution in [0, 0.1) is 0 Å². The highest BCUT2D eigenvalue weighted by molar-refractivity contribution is 7.80. The minimum Gasteiger partial charge on any atom is -0.332 e. The molecule has 0 saturated heterocycles. The van der Waals surface area contributed by atoms with Gasteiger partial charge in [0, 0.05) is 17.9 Å². The molecule has 0 aliphatic carbocycles. The first kappa shape index (κ1) is 16.2. The van der Waals surface area contributed by atoms with Gasteiger partial charge < -0.3 is 10.2 Å². The van der Waals surface area contributed by atoms with Crippen molar-refractivity contribution < 1.29 is 0 Å². The highest BCUT2D eigenvalue weighted by Gasteiger charge is 2.11. The third kappa shape index (κ3) is 4.18. The molecule has 0 fully saturated rings. The van der Waals surface area contributed by atoms with E-state index >= 15 is 0 Å². The summed E-state index contributed by atoms with van der Waals surface area (Å²) in [5.41, 5.74) is 3.36. The summed E-state index contributed by atoms with van der Waals surface area (Å²) >= 11 is 5.58. The number of benzene rings is 2. The number of nitrogens with one attached hydrogen (secondary N) is 1. The molecular weight excluding hydrogens is 288 g/mol. The van der Waals surface area contributed by atoms with Crippen LogP contribution in [0.2, 0.25) is 0 Å². The largest absolute Gasteiger partial charge is 0.332 e. The molecule has 22 heavy (non-hydrogen) atoms. The fraction of sp³-hybridized carbons (Fsp3) is 0.211. The molecule has 0 aromatic heterocycles. The van der Waals surface area contributed by atoms with Gasteiger partial charge in [0.15, 0.2) is 5.11 Å². The number of anilines is 2. The molecule has 0 amide bonds. The first-order valence-electron chi connectivity index (χ1n) is 7.46. The number of nitrogens with zero attached hydrogens (tertiary/aromatic N) is 1. The van der Waals surface area contributed by atoms with Gasteiger partial charge in [0.1, 0.15) is 0 Å². The van der Waals surface area contributed by atoms with Crippen LogP contribution >= 0.6 is 12.2 Å². The highest BCUT2D eigenvalue weighted by Crippen LogP contribution is 2.20. The third-order valence-electron chi connectivity index (χ3n) is 3.43. The predicted molar refractivity (Wildman–Crippen MR) is 101 cm³/mol. The Kier molecular flexibility index (Phi) is 5.73. The fourth-order valence-electron chi connectivity index (χ4n) is 2.21. The second-order valence-corrected chi connectivity index (χ2v) is 5.83. The molecule has 2 nitrogen and oxygen atoms in total. The zero-order valence-electron chi connectivity index (χ0n) is 13.1. The summed E-state index contributed by atoms with van der Waals surface area (Å²) in [5.74, 6) is 0.494. The van der Waals surface area contributed by atoms with Gasteiger partial charge in [-0.15, -0.1) is 6.58 Å². The van der Waals surface area contributed by atoms with Gasteiger partial charge >= 0.3 is 0 Å². The molecule has 3 heteroatoms. The van der Waals surface area contributed by atoms with Crippen molar-refractivity contribution in [2.24, 2.45) is 0 Å². The lowest BCUT2D eigenvalue weighted by Gasteiger charge is -2.25. The maximum absolute atomic E-state index is 5.58. The number of thiocarbonyl (C=S) groups is 1. The van der Waals surface area contributed by atoms with Crippen molar-refractivity contribution in [3.8, 4) is 0 Å². The number of para-hydroxylation sites is 1. The van der Waals surface area contributed by atoms with Crippen LogP contribution in [0.3, 0.4) is 0 Å². The second-order valence-electron chi connectivity index (χ2n) is 5.45. The Bertz CT molecular complexity index is 635. The van der Waals surface area contributed by atoms with Crippen LogP contribution in [0.25, 0.3) is 0 Å². The molecule has 0 atom stereocenters. The molecule has 0 bridgehead atoms.